The van der Waals surface area contributed by atoms with Crippen LogP contribution in [0, 0.1) is 10.1 Å². The molecule has 0 atom stereocenters. The summed E-state index contributed by atoms with van der Waals surface area (Å²) in [6, 6.07) is 3.93. The third kappa shape index (κ3) is 2.90. The van der Waals surface area contributed by atoms with Crippen molar-refractivity contribution in [1.29, 1.82) is 0 Å². The number of rotatable bonds is 5. The Bertz CT molecular complexity index is 352. The molecule has 6 nitrogen and oxygen atoms in total. The second-order valence-corrected chi connectivity index (χ2v) is 2.78. The van der Waals surface area contributed by atoms with Crippen LogP contribution in [-0.2, 0) is 6.61 Å². The number of non-ortho nitro benzene ring substituents is 1. The zero-order valence-electron chi connectivity index (χ0n) is 7.92. The molecule has 0 amide bonds. The molecule has 15 heavy (non-hydrogen) atoms. The third-order valence-corrected chi connectivity index (χ3v) is 1.77. The van der Waals surface area contributed by atoms with Crippen LogP contribution in [0.5, 0.6) is 5.75 Å². The summed E-state index contributed by atoms with van der Waals surface area (Å²) in [6.45, 7) is -0.408. The normalized spacial score (nSPS) is 10.0. The van der Waals surface area contributed by atoms with Gasteiger partial charge in [-0.1, -0.05) is 0 Å². The summed E-state index contributed by atoms with van der Waals surface area (Å²) >= 11 is 0. The number of aliphatic hydroxyl groups is 2. The Morgan fingerprint density at radius 1 is 1.40 bits per heavy atom. The monoisotopic (exact) mass is 213 g/mol. The van der Waals surface area contributed by atoms with Gasteiger partial charge < -0.3 is 14.9 Å². The quantitative estimate of drug-likeness (QED) is 0.547. The molecule has 0 aliphatic heterocycles. The lowest BCUT2D eigenvalue weighted by Crippen LogP contribution is -2.04. The minimum absolute atomic E-state index is 0.0881. The van der Waals surface area contributed by atoms with E-state index < -0.39 is 4.92 Å². The van der Waals surface area contributed by atoms with E-state index in [0.717, 1.165) is 0 Å². The average Bonchev–Trinajstić information content (AvgIpc) is 2.25. The van der Waals surface area contributed by atoms with Crippen molar-refractivity contribution in [3.63, 3.8) is 0 Å². The minimum Gasteiger partial charge on any atom is -0.491 e. The van der Waals surface area contributed by atoms with E-state index in [1.807, 2.05) is 0 Å². The van der Waals surface area contributed by atoms with Crippen LogP contribution in [0.4, 0.5) is 5.69 Å². The van der Waals surface area contributed by atoms with Crippen molar-refractivity contribution in [3.05, 3.63) is 33.9 Å². The summed E-state index contributed by atoms with van der Waals surface area (Å²) in [5.74, 6) is 0.345. The number of nitrogens with zero attached hydrogens (tertiary/aromatic N) is 1. The maximum absolute atomic E-state index is 10.4. The highest BCUT2D eigenvalue weighted by Crippen LogP contribution is 2.23. The summed E-state index contributed by atoms with van der Waals surface area (Å²) in [5, 5.41) is 27.9. The molecule has 6 heteroatoms. The molecule has 0 saturated heterocycles. The van der Waals surface area contributed by atoms with Crippen molar-refractivity contribution in [3.8, 4) is 5.75 Å². The van der Waals surface area contributed by atoms with Crippen LogP contribution in [0.3, 0.4) is 0 Å². The Hall–Kier alpha value is -1.66. The second-order valence-electron chi connectivity index (χ2n) is 2.78. The van der Waals surface area contributed by atoms with Crippen LogP contribution in [-0.4, -0.2) is 28.4 Å². The summed E-state index contributed by atoms with van der Waals surface area (Å²) in [7, 11) is 0. The average molecular weight is 213 g/mol. The van der Waals surface area contributed by atoms with E-state index in [1.54, 1.807) is 0 Å². The van der Waals surface area contributed by atoms with E-state index in [2.05, 4.69) is 0 Å². The predicted octanol–water partition coefficient (Wildman–Crippen LogP) is 0.458. The van der Waals surface area contributed by atoms with Crippen LogP contribution < -0.4 is 4.74 Å². The first-order valence-corrected chi connectivity index (χ1v) is 4.31. The van der Waals surface area contributed by atoms with Gasteiger partial charge in [0, 0.05) is 17.7 Å². The van der Waals surface area contributed by atoms with Gasteiger partial charge in [-0.25, -0.2) is 0 Å². The van der Waals surface area contributed by atoms with E-state index in [1.165, 1.54) is 18.2 Å². The summed E-state index contributed by atoms with van der Waals surface area (Å²) < 4.78 is 5.08. The molecule has 0 spiro atoms. The van der Waals surface area contributed by atoms with Gasteiger partial charge in [0.1, 0.15) is 12.4 Å². The highest BCUT2D eigenvalue weighted by molar-refractivity contribution is 5.43. The van der Waals surface area contributed by atoms with Crippen LogP contribution in [0.2, 0.25) is 0 Å². The van der Waals surface area contributed by atoms with E-state index in [0.29, 0.717) is 11.3 Å². The molecular formula is C9H11NO5. The molecule has 1 aromatic carbocycles. The second kappa shape index (κ2) is 5.28. The number of hydrogen-bond acceptors (Lipinski definition) is 5. The molecule has 0 saturated carbocycles. The topological polar surface area (TPSA) is 92.8 Å². The molecule has 82 valence electrons. The molecule has 0 aliphatic carbocycles. The fraction of sp³-hybridized carbons (Fsp3) is 0.333. The lowest BCUT2D eigenvalue weighted by molar-refractivity contribution is -0.385. The highest BCUT2D eigenvalue weighted by Gasteiger charge is 2.10. The maximum atomic E-state index is 10.4. The number of nitro groups is 1. The van der Waals surface area contributed by atoms with E-state index >= 15 is 0 Å². The van der Waals surface area contributed by atoms with Crippen molar-refractivity contribution in [2.45, 2.75) is 6.61 Å². The maximum Gasteiger partial charge on any atom is 0.270 e. The third-order valence-electron chi connectivity index (χ3n) is 1.77. The van der Waals surface area contributed by atoms with Gasteiger partial charge in [-0.05, 0) is 6.07 Å². The standard InChI is InChI=1S/C9H11NO5/c11-3-4-15-9-2-1-8(10(13)14)5-7(9)6-12/h1-2,5,11-12H,3-4,6H2. The van der Waals surface area contributed by atoms with Crippen molar-refractivity contribution in [2.75, 3.05) is 13.2 Å². The van der Waals surface area contributed by atoms with Gasteiger partial charge in [0.05, 0.1) is 18.1 Å². The van der Waals surface area contributed by atoms with Crippen LogP contribution in [0.15, 0.2) is 18.2 Å². The van der Waals surface area contributed by atoms with Crippen molar-refractivity contribution >= 4 is 5.69 Å². The Morgan fingerprint density at radius 2 is 2.13 bits per heavy atom. The molecule has 0 fully saturated rings. The van der Waals surface area contributed by atoms with Gasteiger partial charge in [-0.15, -0.1) is 0 Å². The summed E-state index contributed by atoms with van der Waals surface area (Å²) in [6.07, 6.45) is 0. The lowest BCUT2D eigenvalue weighted by Gasteiger charge is -2.08. The minimum atomic E-state index is -0.547. The van der Waals surface area contributed by atoms with Crippen LogP contribution in [0.1, 0.15) is 5.56 Å². The molecule has 0 aromatic heterocycles. The molecule has 0 aliphatic rings. The number of ether oxygens (including phenoxy) is 1. The first-order valence-electron chi connectivity index (χ1n) is 4.31. The lowest BCUT2D eigenvalue weighted by atomic mass is 10.2. The van der Waals surface area contributed by atoms with Crippen molar-refractivity contribution in [2.24, 2.45) is 0 Å². The predicted molar refractivity (Wildman–Crippen MR) is 51.6 cm³/mol. The Labute approximate surface area is 85.9 Å². The SMILES string of the molecule is O=[N+]([O-])c1ccc(OCCO)c(CO)c1. The Morgan fingerprint density at radius 3 is 2.67 bits per heavy atom. The van der Waals surface area contributed by atoms with Crippen LogP contribution in [0.25, 0.3) is 0 Å². The van der Waals surface area contributed by atoms with Crippen molar-refractivity contribution in [1.82, 2.24) is 0 Å². The molecule has 0 radical (unpaired) electrons. The first kappa shape index (κ1) is 11.4. The molecule has 1 aromatic rings. The van der Waals surface area contributed by atoms with Gasteiger partial charge in [0.25, 0.3) is 5.69 Å². The molecule has 0 heterocycles. The summed E-state index contributed by atoms with van der Waals surface area (Å²) in [4.78, 5) is 9.89. The van der Waals surface area contributed by atoms with E-state index in [4.69, 9.17) is 14.9 Å². The molecular weight excluding hydrogens is 202 g/mol. The van der Waals surface area contributed by atoms with E-state index in [-0.39, 0.29) is 25.5 Å². The molecule has 2 N–H and O–H groups in total. The number of benzene rings is 1. The molecule has 0 unspecified atom stereocenters. The van der Waals surface area contributed by atoms with Gasteiger partial charge in [-0.3, -0.25) is 10.1 Å². The Balaban J connectivity index is 2.93. The van der Waals surface area contributed by atoms with E-state index in [9.17, 15) is 10.1 Å². The van der Waals surface area contributed by atoms with Gasteiger partial charge in [-0.2, -0.15) is 0 Å². The number of hydrogen-bond donors (Lipinski definition) is 2. The Kier molecular flexibility index (Phi) is 4.02. The fourth-order valence-electron chi connectivity index (χ4n) is 1.10. The number of nitro benzene ring substituents is 1. The first-order chi connectivity index (χ1) is 7.19. The molecule has 0 bridgehead atoms. The van der Waals surface area contributed by atoms with Gasteiger partial charge in [0.15, 0.2) is 0 Å². The van der Waals surface area contributed by atoms with Gasteiger partial charge in [0.2, 0.25) is 0 Å². The summed E-state index contributed by atoms with van der Waals surface area (Å²) in [5.41, 5.74) is 0.230. The number of aliphatic hydroxyl groups excluding tert-OH is 2. The largest absolute Gasteiger partial charge is 0.491 e. The fourth-order valence-corrected chi connectivity index (χ4v) is 1.10. The highest BCUT2D eigenvalue weighted by atomic mass is 16.6. The zero-order chi connectivity index (χ0) is 11.3. The smallest absolute Gasteiger partial charge is 0.270 e. The van der Waals surface area contributed by atoms with Gasteiger partial charge >= 0.3 is 0 Å². The molecule has 1 rings (SSSR count). The van der Waals surface area contributed by atoms with Crippen LogP contribution >= 0.6 is 0 Å². The zero-order valence-corrected chi connectivity index (χ0v) is 7.92. The van der Waals surface area contributed by atoms with Crippen molar-refractivity contribution < 1.29 is 19.9 Å².